The topological polar surface area (TPSA) is 97.0 Å². The molecule has 0 bridgehead atoms. The highest BCUT2D eigenvalue weighted by Crippen LogP contribution is 2.25. The summed E-state index contributed by atoms with van der Waals surface area (Å²) in [5, 5.41) is 6.59. The first-order chi connectivity index (χ1) is 7.78. The molecule has 1 aliphatic heterocycles. The van der Waals surface area contributed by atoms with Crippen LogP contribution in [0.3, 0.4) is 0 Å². The fourth-order valence-corrected chi connectivity index (χ4v) is 1.12. The first-order valence-electron chi connectivity index (χ1n) is 4.43. The normalized spacial score (nSPS) is 15.5. The SMILES string of the molecule is NC1=NN(C(=O)NC(=O)OCC(Cl)(Cl)Cl)CC1. The van der Waals surface area contributed by atoms with Crippen LogP contribution in [0.2, 0.25) is 0 Å². The molecule has 0 spiro atoms. The number of ether oxygens (including phenoxy) is 1. The van der Waals surface area contributed by atoms with Gasteiger partial charge in [-0.3, -0.25) is 0 Å². The zero-order valence-electron chi connectivity index (χ0n) is 8.45. The second-order valence-corrected chi connectivity index (χ2v) is 5.60. The van der Waals surface area contributed by atoms with Gasteiger partial charge in [-0.25, -0.2) is 19.9 Å². The maximum absolute atomic E-state index is 11.4. The quantitative estimate of drug-likeness (QED) is 0.711. The zero-order valence-corrected chi connectivity index (χ0v) is 10.7. The summed E-state index contributed by atoms with van der Waals surface area (Å²) in [7, 11) is 0. The second-order valence-electron chi connectivity index (χ2n) is 3.09. The van der Waals surface area contributed by atoms with Gasteiger partial charge in [0.25, 0.3) is 0 Å². The van der Waals surface area contributed by atoms with Crippen LogP contribution in [0.5, 0.6) is 0 Å². The van der Waals surface area contributed by atoms with Crippen LogP contribution in [0.1, 0.15) is 6.42 Å². The largest absolute Gasteiger partial charge is 0.445 e. The highest BCUT2D eigenvalue weighted by atomic mass is 35.6. The van der Waals surface area contributed by atoms with E-state index in [0.29, 0.717) is 18.8 Å². The average Bonchev–Trinajstić information content (AvgIpc) is 2.61. The van der Waals surface area contributed by atoms with Crippen LogP contribution in [0.4, 0.5) is 9.59 Å². The Kier molecular flexibility index (Phi) is 4.67. The summed E-state index contributed by atoms with van der Waals surface area (Å²) >= 11 is 16.1. The number of amides is 3. The van der Waals surface area contributed by atoms with Crippen molar-refractivity contribution in [1.29, 1.82) is 0 Å². The lowest BCUT2D eigenvalue weighted by Gasteiger charge is -2.14. The van der Waals surface area contributed by atoms with Crippen molar-refractivity contribution in [3.8, 4) is 0 Å². The number of nitrogens with zero attached hydrogens (tertiary/aromatic N) is 2. The van der Waals surface area contributed by atoms with E-state index in [1.165, 1.54) is 0 Å². The third-order valence-corrected chi connectivity index (χ3v) is 1.97. The van der Waals surface area contributed by atoms with E-state index in [1.807, 2.05) is 5.32 Å². The smallest absolute Gasteiger partial charge is 0.415 e. The molecule has 0 aromatic rings. The standard InChI is InChI=1S/C7H9Cl3N4O3/c8-7(9,10)3-17-6(16)12-5(15)14-2-1-4(11)13-14/h1-3H2,(H2,11,13)(H,12,15,16). The molecule has 0 unspecified atom stereocenters. The third kappa shape index (κ3) is 5.29. The van der Waals surface area contributed by atoms with Gasteiger partial charge in [0.15, 0.2) is 0 Å². The van der Waals surface area contributed by atoms with Gasteiger partial charge in [0, 0.05) is 6.42 Å². The number of rotatable bonds is 1. The van der Waals surface area contributed by atoms with E-state index in [4.69, 9.17) is 40.5 Å². The Bertz CT molecular complexity index is 355. The minimum atomic E-state index is -1.73. The lowest BCUT2D eigenvalue weighted by Crippen LogP contribution is -2.40. The van der Waals surface area contributed by atoms with Crippen molar-refractivity contribution in [1.82, 2.24) is 10.3 Å². The summed E-state index contributed by atoms with van der Waals surface area (Å²) in [6, 6.07) is -0.750. The van der Waals surface area contributed by atoms with Gasteiger partial charge in [-0.15, -0.1) is 0 Å². The molecule has 0 saturated heterocycles. The molecule has 0 fully saturated rings. The van der Waals surface area contributed by atoms with Crippen LogP contribution >= 0.6 is 34.8 Å². The maximum Gasteiger partial charge on any atom is 0.415 e. The van der Waals surface area contributed by atoms with E-state index in [2.05, 4.69) is 9.84 Å². The summed E-state index contributed by atoms with van der Waals surface area (Å²) in [4.78, 5) is 22.5. The number of imide groups is 1. The number of carbonyl (C=O) groups is 2. The molecule has 10 heteroatoms. The van der Waals surface area contributed by atoms with Crippen molar-refractivity contribution in [2.75, 3.05) is 13.2 Å². The number of alkyl carbamates (subject to hydrolysis) is 1. The molecular formula is C7H9Cl3N4O3. The van der Waals surface area contributed by atoms with Crippen LogP contribution in [-0.4, -0.2) is 39.9 Å². The van der Waals surface area contributed by atoms with E-state index in [-0.39, 0.29) is 0 Å². The Balaban J connectivity index is 2.34. The molecule has 0 atom stereocenters. The third-order valence-electron chi connectivity index (χ3n) is 1.64. The Morgan fingerprint density at radius 3 is 2.65 bits per heavy atom. The fourth-order valence-electron chi connectivity index (χ4n) is 0.958. The van der Waals surface area contributed by atoms with Gasteiger partial charge in [0.1, 0.15) is 12.4 Å². The van der Waals surface area contributed by atoms with Gasteiger partial charge in [-0.05, 0) is 0 Å². The highest BCUT2D eigenvalue weighted by molar-refractivity contribution is 6.67. The number of hydrazone groups is 1. The summed E-state index contributed by atoms with van der Waals surface area (Å²) in [5.74, 6) is 0.315. The van der Waals surface area contributed by atoms with Crippen molar-refractivity contribution in [3.63, 3.8) is 0 Å². The fraction of sp³-hybridized carbons (Fsp3) is 0.571. The van der Waals surface area contributed by atoms with Gasteiger partial charge in [0.2, 0.25) is 3.79 Å². The predicted molar refractivity (Wildman–Crippen MR) is 63.1 cm³/mol. The number of urea groups is 1. The number of amidine groups is 1. The minimum Gasteiger partial charge on any atom is -0.445 e. The maximum atomic E-state index is 11.4. The molecule has 1 aliphatic rings. The van der Waals surface area contributed by atoms with E-state index in [9.17, 15) is 9.59 Å². The molecule has 3 N–H and O–H groups in total. The lowest BCUT2D eigenvalue weighted by atomic mass is 10.4. The summed E-state index contributed by atoms with van der Waals surface area (Å²) in [5.41, 5.74) is 5.37. The van der Waals surface area contributed by atoms with Crippen molar-refractivity contribution >= 4 is 52.8 Å². The van der Waals surface area contributed by atoms with Gasteiger partial charge >= 0.3 is 12.1 Å². The number of hydrogen-bond acceptors (Lipinski definition) is 5. The Morgan fingerprint density at radius 1 is 1.53 bits per heavy atom. The number of nitrogens with two attached hydrogens (primary N) is 1. The molecule has 1 rings (SSSR count). The molecule has 7 nitrogen and oxygen atoms in total. The number of hydrogen-bond donors (Lipinski definition) is 2. The molecule has 0 aromatic heterocycles. The molecule has 1 heterocycles. The zero-order chi connectivity index (χ0) is 13.1. The molecular weight excluding hydrogens is 294 g/mol. The van der Waals surface area contributed by atoms with Gasteiger partial charge in [-0.1, -0.05) is 34.8 Å². The molecule has 96 valence electrons. The van der Waals surface area contributed by atoms with Crippen molar-refractivity contribution in [3.05, 3.63) is 0 Å². The van der Waals surface area contributed by atoms with Crippen LogP contribution in [-0.2, 0) is 4.74 Å². The molecule has 17 heavy (non-hydrogen) atoms. The van der Waals surface area contributed by atoms with E-state index >= 15 is 0 Å². The predicted octanol–water partition coefficient (Wildman–Crippen LogP) is 1.18. The molecule has 3 amide bonds. The van der Waals surface area contributed by atoms with Crippen LogP contribution in [0, 0.1) is 0 Å². The summed E-state index contributed by atoms with van der Waals surface area (Å²) < 4.78 is 2.76. The number of alkyl halides is 3. The molecule has 0 aromatic carbocycles. The van der Waals surface area contributed by atoms with E-state index in [1.54, 1.807) is 0 Å². The first-order valence-corrected chi connectivity index (χ1v) is 5.56. The van der Waals surface area contributed by atoms with Gasteiger partial charge in [0.05, 0.1) is 6.54 Å². The Hall–Kier alpha value is -0.920. The lowest BCUT2D eigenvalue weighted by molar-refractivity contribution is 0.144. The van der Waals surface area contributed by atoms with Gasteiger partial charge < -0.3 is 10.5 Å². The van der Waals surface area contributed by atoms with E-state index < -0.39 is 22.5 Å². The van der Waals surface area contributed by atoms with Crippen LogP contribution in [0.15, 0.2) is 5.10 Å². The molecule has 0 radical (unpaired) electrons. The number of nitrogens with one attached hydrogen (secondary N) is 1. The summed E-state index contributed by atoms with van der Waals surface area (Å²) in [6.45, 7) is -0.169. The van der Waals surface area contributed by atoms with Crippen LogP contribution in [0.25, 0.3) is 0 Å². The average molecular weight is 304 g/mol. The number of carbonyl (C=O) groups excluding carboxylic acids is 2. The van der Waals surface area contributed by atoms with Crippen LogP contribution < -0.4 is 11.1 Å². The first kappa shape index (κ1) is 14.1. The van der Waals surface area contributed by atoms with Crippen molar-refractivity contribution in [2.45, 2.75) is 10.2 Å². The van der Waals surface area contributed by atoms with E-state index in [0.717, 1.165) is 5.01 Å². The van der Waals surface area contributed by atoms with Gasteiger partial charge in [-0.2, -0.15) is 5.10 Å². The monoisotopic (exact) mass is 302 g/mol. The summed E-state index contributed by atoms with van der Waals surface area (Å²) in [6.07, 6.45) is -0.571. The minimum absolute atomic E-state index is 0.301. The Labute approximate surface area is 112 Å². The number of halogens is 3. The van der Waals surface area contributed by atoms with Crippen molar-refractivity contribution < 1.29 is 14.3 Å². The molecule has 0 saturated carbocycles. The Morgan fingerprint density at radius 2 is 2.18 bits per heavy atom. The molecule has 0 aliphatic carbocycles. The second kappa shape index (κ2) is 5.61. The highest BCUT2D eigenvalue weighted by Gasteiger charge is 2.25. The van der Waals surface area contributed by atoms with Crippen molar-refractivity contribution in [2.24, 2.45) is 10.8 Å².